The van der Waals surface area contributed by atoms with E-state index in [-0.39, 0.29) is 5.97 Å². The van der Waals surface area contributed by atoms with Crippen LogP contribution in [-0.2, 0) is 9.53 Å². The molecular formula is C15H20O2. The zero-order valence-electron chi connectivity index (χ0n) is 10.7. The SMILES string of the molecule is CC(C)C(C)COC(=O)C=Cc1ccccc1. The second kappa shape index (κ2) is 6.89. The van der Waals surface area contributed by atoms with E-state index >= 15 is 0 Å². The van der Waals surface area contributed by atoms with Gasteiger partial charge in [0.15, 0.2) is 0 Å². The molecule has 1 unspecified atom stereocenters. The third-order valence-electron chi connectivity index (χ3n) is 2.84. The summed E-state index contributed by atoms with van der Waals surface area (Å²) in [4.78, 5) is 11.4. The van der Waals surface area contributed by atoms with Crippen LogP contribution in [0.5, 0.6) is 0 Å². The van der Waals surface area contributed by atoms with Crippen molar-refractivity contribution in [3.05, 3.63) is 42.0 Å². The molecule has 0 bridgehead atoms. The minimum absolute atomic E-state index is 0.277. The molecule has 0 fully saturated rings. The fourth-order valence-corrected chi connectivity index (χ4v) is 1.18. The molecule has 0 N–H and O–H groups in total. The summed E-state index contributed by atoms with van der Waals surface area (Å²) in [7, 11) is 0. The number of hydrogen-bond acceptors (Lipinski definition) is 2. The van der Waals surface area contributed by atoms with Crippen LogP contribution in [0.15, 0.2) is 36.4 Å². The fraction of sp³-hybridized carbons (Fsp3) is 0.400. The predicted octanol–water partition coefficient (Wildman–Crippen LogP) is 3.54. The molecule has 1 atom stereocenters. The maximum Gasteiger partial charge on any atom is 0.330 e. The zero-order valence-corrected chi connectivity index (χ0v) is 10.7. The first-order valence-corrected chi connectivity index (χ1v) is 5.99. The van der Waals surface area contributed by atoms with Crippen LogP contribution in [0, 0.1) is 11.8 Å². The molecule has 2 heteroatoms. The average Bonchev–Trinajstić information content (AvgIpc) is 2.34. The molecule has 1 aromatic rings. The number of esters is 1. The molecule has 0 saturated heterocycles. The maximum atomic E-state index is 11.4. The standard InChI is InChI=1S/C15H20O2/c1-12(2)13(3)11-17-15(16)10-9-14-7-5-4-6-8-14/h4-10,12-13H,11H2,1-3H3. The quantitative estimate of drug-likeness (QED) is 0.573. The predicted molar refractivity (Wildman–Crippen MR) is 70.4 cm³/mol. The van der Waals surface area contributed by atoms with Crippen molar-refractivity contribution in [1.82, 2.24) is 0 Å². The van der Waals surface area contributed by atoms with Crippen molar-refractivity contribution in [2.45, 2.75) is 20.8 Å². The van der Waals surface area contributed by atoms with Crippen molar-refractivity contribution < 1.29 is 9.53 Å². The molecule has 0 saturated carbocycles. The van der Waals surface area contributed by atoms with E-state index in [1.54, 1.807) is 6.08 Å². The van der Waals surface area contributed by atoms with Gasteiger partial charge in [0.2, 0.25) is 0 Å². The van der Waals surface area contributed by atoms with Crippen LogP contribution in [0.25, 0.3) is 6.08 Å². The van der Waals surface area contributed by atoms with E-state index in [4.69, 9.17) is 4.74 Å². The van der Waals surface area contributed by atoms with Crippen LogP contribution in [0.4, 0.5) is 0 Å². The Hall–Kier alpha value is -1.57. The summed E-state index contributed by atoms with van der Waals surface area (Å²) in [6, 6.07) is 9.71. The first-order chi connectivity index (χ1) is 8.09. The second-order valence-electron chi connectivity index (χ2n) is 4.60. The number of carbonyl (C=O) groups excluding carboxylic acids is 1. The van der Waals surface area contributed by atoms with Crippen molar-refractivity contribution in [3.63, 3.8) is 0 Å². The third-order valence-corrected chi connectivity index (χ3v) is 2.84. The summed E-state index contributed by atoms with van der Waals surface area (Å²) < 4.78 is 5.16. The molecule has 0 heterocycles. The van der Waals surface area contributed by atoms with Crippen molar-refractivity contribution in [2.75, 3.05) is 6.61 Å². The highest BCUT2D eigenvalue weighted by molar-refractivity contribution is 5.87. The summed E-state index contributed by atoms with van der Waals surface area (Å²) >= 11 is 0. The van der Waals surface area contributed by atoms with Crippen LogP contribution in [0.2, 0.25) is 0 Å². The summed E-state index contributed by atoms with van der Waals surface area (Å²) in [5.41, 5.74) is 1.00. The molecule has 0 aliphatic rings. The monoisotopic (exact) mass is 232 g/mol. The van der Waals surface area contributed by atoms with E-state index in [0.717, 1.165) is 5.56 Å². The van der Waals surface area contributed by atoms with Gasteiger partial charge >= 0.3 is 5.97 Å². The van der Waals surface area contributed by atoms with Gasteiger partial charge in [-0.2, -0.15) is 0 Å². The Morgan fingerprint density at radius 1 is 1.24 bits per heavy atom. The molecule has 0 aliphatic carbocycles. The first kappa shape index (κ1) is 13.5. The maximum absolute atomic E-state index is 11.4. The molecule has 17 heavy (non-hydrogen) atoms. The fourth-order valence-electron chi connectivity index (χ4n) is 1.18. The van der Waals surface area contributed by atoms with E-state index in [1.165, 1.54) is 6.08 Å². The lowest BCUT2D eigenvalue weighted by molar-refractivity contribution is -0.139. The van der Waals surface area contributed by atoms with Crippen LogP contribution in [0.3, 0.4) is 0 Å². The number of ether oxygens (including phenoxy) is 1. The largest absolute Gasteiger partial charge is 0.462 e. The Kier molecular flexibility index (Phi) is 5.47. The molecule has 0 amide bonds. The van der Waals surface area contributed by atoms with Gasteiger partial charge in [-0.05, 0) is 23.5 Å². The van der Waals surface area contributed by atoms with Crippen molar-refractivity contribution in [1.29, 1.82) is 0 Å². The van der Waals surface area contributed by atoms with Gasteiger partial charge in [0.1, 0.15) is 0 Å². The van der Waals surface area contributed by atoms with Gasteiger partial charge in [-0.1, -0.05) is 51.1 Å². The van der Waals surface area contributed by atoms with Crippen LogP contribution in [-0.4, -0.2) is 12.6 Å². The molecule has 92 valence electrons. The molecule has 0 radical (unpaired) electrons. The summed E-state index contributed by atoms with van der Waals surface area (Å²) in [6.07, 6.45) is 3.24. The lowest BCUT2D eigenvalue weighted by Gasteiger charge is -2.14. The Bertz CT molecular complexity index is 366. The topological polar surface area (TPSA) is 26.3 Å². The molecule has 0 aromatic heterocycles. The van der Waals surface area contributed by atoms with Crippen LogP contribution >= 0.6 is 0 Å². The Morgan fingerprint density at radius 2 is 1.88 bits per heavy atom. The minimum Gasteiger partial charge on any atom is -0.462 e. The smallest absolute Gasteiger partial charge is 0.330 e. The van der Waals surface area contributed by atoms with Crippen molar-refractivity contribution in [2.24, 2.45) is 11.8 Å². The van der Waals surface area contributed by atoms with E-state index in [1.807, 2.05) is 30.3 Å². The second-order valence-corrected chi connectivity index (χ2v) is 4.60. The van der Waals surface area contributed by atoms with Gasteiger partial charge in [-0.15, -0.1) is 0 Å². The van der Waals surface area contributed by atoms with E-state index in [9.17, 15) is 4.79 Å². The molecule has 1 rings (SSSR count). The number of benzene rings is 1. The molecule has 0 spiro atoms. The summed E-state index contributed by atoms with van der Waals surface area (Å²) in [5, 5.41) is 0. The molecule has 1 aromatic carbocycles. The van der Waals surface area contributed by atoms with Crippen LogP contribution in [0.1, 0.15) is 26.3 Å². The van der Waals surface area contributed by atoms with Gasteiger partial charge in [0.05, 0.1) is 6.61 Å². The van der Waals surface area contributed by atoms with Gasteiger partial charge in [-0.3, -0.25) is 0 Å². The molecule has 0 aliphatic heterocycles. The highest BCUT2D eigenvalue weighted by Gasteiger charge is 2.08. The van der Waals surface area contributed by atoms with Crippen molar-refractivity contribution in [3.8, 4) is 0 Å². The van der Waals surface area contributed by atoms with Crippen molar-refractivity contribution >= 4 is 12.0 Å². The van der Waals surface area contributed by atoms with E-state index in [0.29, 0.717) is 18.4 Å². The Morgan fingerprint density at radius 3 is 2.47 bits per heavy atom. The van der Waals surface area contributed by atoms with Crippen LogP contribution < -0.4 is 0 Å². The Labute approximate surface area is 103 Å². The average molecular weight is 232 g/mol. The van der Waals surface area contributed by atoms with Gasteiger partial charge in [-0.25, -0.2) is 4.79 Å². The third kappa shape index (κ3) is 5.34. The zero-order chi connectivity index (χ0) is 12.7. The highest BCUT2D eigenvalue weighted by Crippen LogP contribution is 2.10. The minimum atomic E-state index is -0.277. The summed E-state index contributed by atoms with van der Waals surface area (Å²) in [6.45, 7) is 6.81. The lowest BCUT2D eigenvalue weighted by atomic mass is 9.99. The number of rotatable bonds is 5. The summed E-state index contributed by atoms with van der Waals surface area (Å²) in [5.74, 6) is 0.645. The lowest BCUT2D eigenvalue weighted by Crippen LogP contribution is -2.14. The van der Waals surface area contributed by atoms with E-state index < -0.39 is 0 Å². The normalized spacial score (nSPS) is 12.9. The van der Waals surface area contributed by atoms with Gasteiger partial charge in [0.25, 0.3) is 0 Å². The highest BCUT2D eigenvalue weighted by atomic mass is 16.5. The van der Waals surface area contributed by atoms with Gasteiger partial charge in [0, 0.05) is 6.08 Å². The number of hydrogen-bond donors (Lipinski definition) is 0. The Balaban J connectivity index is 2.37. The molecule has 2 nitrogen and oxygen atoms in total. The molecular weight excluding hydrogens is 212 g/mol. The first-order valence-electron chi connectivity index (χ1n) is 5.99. The van der Waals surface area contributed by atoms with Gasteiger partial charge < -0.3 is 4.74 Å². The van der Waals surface area contributed by atoms with E-state index in [2.05, 4.69) is 20.8 Å². The number of carbonyl (C=O) groups is 1.